The lowest BCUT2D eigenvalue weighted by molar-refractivity contribution is 1.01. The van der Waals surface area contributed by atoms with Gasteiger partial charge in [-0.15, -0.1) is 0 Å². The van der Waals surface area contributed by atoms with Crippen molar-refractivity contribution < 1.29 is 0 Å². The predicted molar refractivity (Wildman–Crippen MR) is 58.3 cm³/mol. The normalized spacial score (nSPS) is 10.3. The van der Waals surface area contributed by atoms with Crippen LogP contribution in [0.3, 0.4) is 0 Å². The molecule has 0 spiro atoms. The minimum Gasteiger partial charge on any atom is -0.398 e. The van der Waals surface area contributed by atoms with Gasteiger partial charge in [-0.25, -0.2) is 0 Å². The number of hydrogen-bond donors (Lipinski definition) is 2. The molecule has 0 atom stereocenters. The van der Waals surface area contributed by atoms with Gasteiger partial charge in [-0.05, 0) is 30.7 Å². The van der Waals surface area contributed by atoms with Gasteiger partial charge in [0, 0.05) is 0 Å². The molecule has 14 heavy (non-hydrogen) atoms. The number of nitrogens with zero attached hydrogens (tertiary/aromatic N) is 1. The van der Waals surface area contributed by atoms with E-state index in [1.54, 1.807) is 12.1 Å². The number of nitriles is 1. The Labute approximate surface area is 83.6 Å². The molecule has 0 saturated heterocycles. The molecule has 1 aromatic carbocycles. The number of nitrogens with two attached hydrogens (primary N) is 2. The molecular weight excluding hydrogens is 174 g/mol. The lowest BCUT2D eigenvalue weighted by Gasteiger charge is -1.98. The molecule has 3 heteroatoms. The van der Waals surface area contributed by atoms with E-state index in [0.717, 1.165) is 12.0 Å². The number of anilines is 1. The highest BCUT2D eigenvalue weighted by Gasteiger charge is 1.96. The molecule has 0 aromatic heterocycles. The summed E-state index contributed by atoms with van der Waals surface area (Å²) in [5, 5.41) is 8.66. The van der Waals surface area contributed by atoms with Crippen molar-refractivity contribution in [3.63, 3.8) is 0 Å². The Hall–Kier alpha value is -1.79. The van der Waals surface area contributed by atoms with Crippen LogP contribution in [-0.4, -0.2) is 6.54 Å². The zero-order chi connectivity index (χ0) is 10.4. The van der Waals surface area contributed by atoms with E-state index in [9.17, 15) is 0 Å². The van der Waals surface area contributed by atoms with Crippen molar-refractivity contribution >= 4 is 11.8 Å². The zero-order valence-electron chi connectivity index (χ0n) is 7.90. The summed E-state index contributed by atoms with van der Waals surface area (Å²) in [4.78, 5) is 0. The van der Waals surface area contributed by atoms with E-state index in [2.05, 4.69) is 0 Å². The second-order valence-electron chi connectivity index (χ2n) is 2.94. The van der Waals surface area contributed by atoms with E-state index in [1.807, 2.05) is 24.3 Å². The average molecular weight is 187 g/mol. The number of rotatable bonds is 3. The molecule has 0 aliphatic carbocycles. The van der Waals surface area contributed by atoms with Gasteiger partial charge in [0.15, 0.2) is 0 Å². The first-order chi connectivity index (χ1) is 6.77. The van der Waals surface area contributed by atoms with E-state index >= 15 is 0 Å². The van der Waals surface area contributed by atoms with Crippen LogP contribution >= 0.6 is 0 Å². The van der Waals surface area contributed by atoms with Crippen molar-refractivity contribution in [2.24, 2.45) is 5.73 Å². The summed E-state index contributed by atoms with van der Waals surface area (Å²) >= 11 is 0. The van der Waals surface area contributed by atoms with Crippen LogP contribution in [0.4, 0.5) is 5.69 Å². The standard InChI is InChI=1S/C11H13N3/c12-6-2-1-3-9-4-5-10(8-13)11(14)7-9/h1,3-5,7H,2,6,12,14H2. The Morgan fingerprint density at radius 1 is 1.43 bits per heavy atom. The highest BCUT2D eigenvalue weighted by atomic mass is 14.6. The highest BCUT2D eigenvalue weighted by molar-refractivity contribution is 5.62. The van der Waals surface area contributed by atoms with Crippen LogP contribution in [0.25, 0.3) is 6.08 Å². The van der Waals surface area contributed by atoms with E-state index in [-0.39, 0.29) is 0 Å². The molecule has 0 amide bonds. The molecular formula is C11H13N3. The Kier molecular flexibility index (Phi) is 3.71. The fourth-order valence-corrected chi connectivity index (χ4v) is 1.10. The SMILES string of the molecule is N#Cc1ccc(C=CCCN)cc1N. The molecule has 4 N–H and O–H groups in total. The summed E-state index contributed by atoms with van der Waals surface area (Å²) in [6.07, 6.45) is 4.78. The first-order valence-electron chi connectivity index (χ1n) is 4.44. The molecule has 0 radical (unpaired) electrons. The van der Waals surface area contributed by atoms with Crippen LogP contribution in [0.5, 0.6) is 0 Å². The Morgan fingerprint density at radius 3 is 2.79 bits per heavy atom. The minimum atomic E-state index is 0.515. The largest absolute Gasteiger partial charge is 0.398 e. The first kappa shape index (κ1) is 10.3. The summed E-state index contributed by atoms with van der Waals surface area (Å²) < 4.78 is 0. The van der Waals surface area contributed by atoms with Crippen LogP contribution in [0.1, 0.15) is 17.5 Å². The van der Waals surface area contributed by atoms with Crippen molar-refractivity contribution in [3.05, 3.63) is 35.4 Å². The molecule has 0 saturated carbocycles. The van der Waals surface area contributed by atoms with Crippen molar-refractivity contribution in [2.45, 2.75) is 6.42 Å². The van der Waals surface area contributed by atoms with E-state index in [4.69, 9.17) is 16.7 Å². The second-order valence-corrected chi connectivity index (χ2v) is 2.94. The average Bonchev–Trinajstić information content (AvgIpc) is 2.18. The zero-order valence-corrected chi connectivity index (χ0v) is 7.90. The van der Waals surface area contributed by atoms with Gasteiger partial charge in [-0.1, -0.05) is 18.2 Å². The van der Waals surface area contributed by atoms with E-state index in [0.29, 0.717) is 17.8 Å². The van der Waals surface area contributed by atoms with Gasteiger partial charge < -0.3 is 11.5 Å². The maximum Gasteiger partial charge on any atom is 0.101 e. The van der Waals surface area contributed by atoms with Crippen molar-refractivity contribution in [3.8, 4) is 6.07 Å². The second kappa shape index (κ2) is 5.05. The molecule has 1 rings (SSSR count). The lowest BCUT2D eigenvalue weighted by Crippen LogP contribution is -1.95. The molecule has 1 aromatic rings. The molecule has 3 nitrogen and oxygen atoms in total. The molecule has 0 heterocycles. The Morgan fingerprint density at radius 2 is 2.21 bits per heavy atom. The molecule has 0 aliphatic rings. The maximum atomic E-state index is 8.66. The van der Waals surface area contributed by atoms with Crippen LogP contribution in [0.15, 0.2) is 24.3 Å². The quantitative estimate of drug-likeness (QED) is 0.704. The monoisotopic (exact) mass is 187 g/mol. The fraction of sp³-hybridized carbons (Fsp3) is 0.182. The first-order valence-corrected chi connectivity index (χ1v) is 4.44. The van der Waals surface area contributed by atoms with Crippen LogP contribution in [-0.2, 0) is 0 Å². The number of hydrogen-bond acceptors (Lipinski definition) is 3. The summed E-state index contributed by atoms with van der Waals surface area (Å²) in [7, 11) is 0. The number of nitrogen functional groups attached to an aromatic ring is 1. The molecule has 0 aliphatic heterocycles. The minimum absolute atomic E-state index is 0.515. The molecule has 0 bridgehead atoms. The topological polar surface area (TPSA) is 75.8 Å². The van der Waals surface area contributed by atoms with Crippen molar-refractivity contribution in [2.75, 3.05) is 12.3 Å². The van der Waals surface area contributed by atoms with Crippen LogP contribution in [0, 0.1) is 11.3 Å². The van der Waals surface area contributed by atoms with Crippen molar-refractivity contribution in [1.82, 2.24) is 0 Å². The van der Waals surface area contributed by atoms with E-state index < -0.39 is 0 Å². The Bertz CT molecular complexity index is 375. The van der Waals surface area contributed by atoms with Crippen LogP contribution in [0.2, 0.25) is 0 Å². The molecule has 72 valence electrons. The maximum absolute atomic E-state index is 8.66. The van der Waals surface area contributed by atoms with Gasteiger partial charge in [0.2, 0.25) is 0 Å². The lowest BCUT2D eigenvalue weighted by atomic mass is 10.1. The smallest absolute Gasteiger partial charge is 0.101 e. The predicted octanol–water partition coefficient (Wildman–Crippen LogP) is 1.50. The summed E-state index contributed by atoms with van der Waals surface area (Å²) in [5.41, 5.74) is 13.0. The summed E-state index contributed by atoms with van der Waals surface area (Å²) in [6.45, 7) is 0.641. The molecule has 0 fully saturated rings. The number of benzene rings is 1. The van der Waals surface area contributed by atoms with Crippen LogP contribution < -0.4 is 11.5 Å². The van der Waals surface area contributed by atoms with Crippen molar-refractivity contribution in [1.29, 1.82) is 5.26 Å². The van der Waals surface area contributed by atoms with Gasteiger partial charge >= 0.3 is 0 Å². The van der Waals surface area contributed by atoms with Gasteiger partial charge in [0.25, 0.3) is 0 Å². The summed E-state index contributed by atoms with van der Waals surface area (Å²) in [6, 6.07) is 7.39. The third-order valence-corrected chi connectivity index (χ3v) is 1.84. The third kappa shape index (κ3) is 2.61. The summed E-state index contributed by atoms with van der Waals surface area (Å²) in [5.74, 6) is 0. The third-order valence-electron chi connectivity index (χ3n) is 1.84. The van der Waals surface area contributed by atoms with E-state index in [1.165, 1.54) is 0 Å². The Balaban J connectivity index is 2.82. The highest BCUT2D eigenvalue weighted by Crippen LogP contribution is 2.14. The fourth-order valence-electron chi connectivity index (χ4n) is 1.10. The molecule has 0 unspecified atom stereocenters. The van der Waals surface area contributed by atoms with Gasteiger partial charge in [0.05, 0.1) is 11.3 Å². The van der Waals surface area contributed by atoms with Gasteiger partial charge in [-0.3, -0.25) is 0 Å². The van der Waals surface area contributed by atoms with Gasteiger partial charge in [-0.2, -0.15) is 5.26 Å². The van der Waals surface area contributed by atoms with Gasteiger partial charge in [0.1, 0.15) is 6.07 Å².